The second-order valence-electron chi connectivity index (χ2n) is 6.91. The molecule has 0 spiro atoms. The van der Waals surface area contributed by atoms with E-state index in [1.807, 2.05) is 0 Å². The maximum atomic E-state index is 12.5. The van der Waals surface area contributed by atoms with Gasteiger partial charge in [0, 0.05) is 32.4 Å². The quantitative estimate of drug-likeness (QED) is 0.191. The highest BCUT2D eigenvalue weighted by Crippen LogP contribution is 2.27. The molecule has 2 aromatic rings. The van der Waals surface area contributed by atoms with Crippen LogP contribution in [0.3, 0.4) is 0 Å². The number of carbonyl (C=O) groups excluding carboxylic acids is 4. The number of nitro benzene ring substituents is 1. The predicted molar refractivity (Wildman–Crippen MR) is 115 cm³/mol. The van der Waals surface area contributed by atoms with Crippen LogP contribution in [0.25, 0.3) is 0 Å². The molecule has 2 aromatic carbocycles. The molecule has 0 saturated carbocycles. The van der Waals surface area contributed by atoms with E-state index in [9.17, 15) is 29.3 Å². The van der Waals surface area contributed by atoms with E-state index in [1.165, 1.54) is 31.4 Å². The first-order chi connectivity index (χ1) is 15.7. The first-order valence-corrected chi connectivity index (χ1v) is 10.0. The van der Waals surface area contributed by atoms with Crippen LogP contribution < -0.4 is 5.32 Å². The maximum Gasteiger partial charge on any atom is 0.338 e. The normalized spacial score (nSPS) is 12.5. The number of hydrogen-bond donors (Lipinski definition) is 1. The summed E-state index contributed by atoms with van der Waals surface area (Å²) in [4.78, 5) is 60.5. The largest absolute Gasteiger partial charge is 0.452 e. The van der Waals surface area contributed by atoms with Gasteiger partial charge in [0.15, 0.2) is 6.61 Å². The Kier molecular flexibility index (Phi) is 7.36. The van der Waals surface area contributed by atoms with E-state index >= 15 is 0 Å². The third kappa shape index (κ3) is 5.33. The van der Waals surface area contributed by atoms with Crippen LogP contribution in [-0.4, -0.2) is 60.4 Å². The van der Waals surface area contributed by atoms with E-state index in [0.29, 0.717) is 13.0 Å². The predicted octanol–water partition coefficient (Wildman–Crippen LogP) is 2.68. The molecule has 3 amide bonds. The highest BCUT2D eigenvalue weighted by atomic mass is 35.5. The van der Waals surface area contributed by atoms with E-state index in [0.717, 1.165) is 17.0 Å². The van der Waals surface area contributed by atoms with Gasteiger partial charge in [0.2, 0.25) is 0 Å². The molecule has 0 atom stereocenters. The van der Waals surface area contributed by atoms with E-state index in [2.05, 4.69) is 5.32 Å². The minimum absolute atomic E-state index is 0.00481. The van der Waals surface area contributed by atoms with E-state index in [1.54, 1.807) is 0 Å². The molecule has 0 radical (unpaired) electrons. The molecule has 0 bridgehead atoms. The van der Waals surface area contributed by atoms with Gasteiger partial charge in [-0.15, -0.1) is 0 Å². The Morgan fingerprint density at radius 3 is 2.52 bits per heavy atom. The smallest absolute Gasteiger partial charge is 0.338 e. The molecule has 11 nitrogen and oxygen atoms in total. The van der Waals surface area contributed by atoms with Crippen molar-refractivity contribution in [2.45, 2.75) is 6.42 Å². The fourth-order valence-corrected chi connectivity index (χ4v) is 3.33. The number of benzene rings is 2. The number of anilines is 1. The Bertz CT molecular complexity index is 1150. The van der Waals surface area contributed by atoms with Gasteiger partial charge < -0.3 is 14.8 Å². The van der Waals surface area contributed by atoms with Gasteiger partial charge in [-0.05, 0) is 30.7 Å². The van der Waals surface area contributed by atoms with Crippen LogP contribution >= 0.6 is 11.6 Å². The van der Waals surface area contributed by atoms with Crippen molar-refractivity contribution in [2.24, 2.45) is 0 Å². The van der Waals surface area contributed by atoms with Gasteiger partial charge in [-0.1, -0.05) is 11.6 Å². The van der Waals surface area contributed by atoms with Crippen molar-refractivity contribution in [1.82, 2.24) is 4.90 Å². The average molecular weight is 476 g/mol. The van der Waals surface area contributed by atoms with Crippen molar-refractivity contribution in [2.75, 3.05) is 32.2 Å². The molecular weight excluding hydrogens is 458 g/mol. The third-order valence-corrected chi connectivity index (χ3v) is 5.02. The van der Waals surface area contributed by atoms with E-state index in [4.69, 9.17) is 21.1 Å². The number of carbonyl (C=O) groups is 4. The summed E-state index contributed by atoms with van der Waals surface area (Å²) >= 11 is 5.91. The molecule has 1 N–H and O–H groups in total. The summed E-state index contributed by atoms with van der Waals surface area (Å²) in [6.07, 6.45) is 0.477. The number of halogens is 1. The summed E-state index contributed by atoms with van der Waals surface area (Å²) in [7, 11) is 1.51. The van der Waals surface area contributed by atoms with Crippen molar-refractivity contribution >= 4 is 46.7 Å². The third-order valence-electron chi connectivity index (χ3n) is 4.71. The number of esters is 1. The molecule has 0 unspecified atom stereocenters. The van der Waals surface area contributed by atoms with E-state index in [-0.39, 0.29) is 39.6 Å². The summed E-state index contributed by atoms with van der Waals surface area (Å²) in [5.74, 6) is -2.58. The molecule has 1 heterocycles. The Labute approximate surface area is 192 Å². The number of amides is 3. The molecule has 1 aliphatic heterocycles. The van der Waals surface area contributed by atoms with Crippen LogP contribution in [0.15, 0.2) is 36.4 Å². The molecule has 3 rings (SSSR count). The van der Waals surface area contributed by atoms with Crippen LogP contribution in [0.5, 0.6) is 0 Å². The summed E-state index contributed by atoms with van der Waals surface area (Å²) in [5.41, 5.74) is 0.119. The van der Waals surface area contributed by atoms with Crippen molar-refractivity contribution in [3.05, 3.63) is 68.2 Å². The number of imide groups is 1. The fourth-order valence-electron chi connectivity index (χ4n) is 3.11. The number of methoxy groups -OCH3 is 1. The van der Waals surface area contributed by atoms with Crippen molar-refractivity contribution in [3.63, 3.8) is 0 Å². The highest BCUT2D eigenvalue weighted by molar-refractivity contribution is 6.34. The van der Waals surface area contributed by atoms with Gasteiger partial charge in [-0.2, -0.15) is 0 Å². The Hall–Kier alpha value is -3.83. The lowest BCUT2D eigenvalue weighted by Gasteiger charge is -2.12. The number of fused-ring (bicyclic) bond motifs is 1. The average Bonchev–Trinajstić information content (AvgIpc) is 3.03. The molecule has 12 heteroatoms. The van der Waals surface area contributed by atoms with Gasteiger partial charge >= 0.3 is 5.97 Å². The Morgan fingerprint density at radius 2 is 1.85 bits per heavy atom. The number of nitro groups is 1. The monoisotopic (exact) mass is 475 g/mol. The molecule has 0 saturated heterocycles. The van der Waals surface area contributed by atoms with Crippen LogP contribution in [0.2, 0.25) is 5.02 Å². The molecule has 0 fully saturated rings. The first-order valence-electron chi connectivity index (χ1n) is 9.63. The fraction of sp³-hybridized carbons (Fsp3) is 0.238. The number of rotatable bonds is 9. The topological polar surface area (TPSA) is 145 Å². The highest BCUT2D eigenvalue weighted by Gasteiger charge is 2.35. The summed E-state index contributed by atoms with van der Waals surface area (Å²) < 4.78 is 9.89. The number of ether oxygens (including phenoxy) is 2. The number of nitrogens with one attached hydrogen (secondary N) is 1. The zero-order chi connectivity index (χ0) is 24.1. The number of hydrogen-bond acceptors (Lipinski definition) is 8. The van der Waals surface area contributed by atoms with Gasteiger partial charge in [0.1, 0.15) is 0 Å². The van der Waals surface area contributed by atoms with Gasteiger partial charge in [-0.3, -0.25) is 29.4 Å². The zero-order valence-corrected chi connectivity index (χ0v) is 18.1. The second-order valence-corrected chi connectivity index (χ2v) is 7.32. The molecule has 1 aliphatic rings. The lowest BCUT2D eigenvalue weighted by Crippen LogP contribution is -2.31. The molecule has 172 valence electrons. The minimum Gasteiger partial charge on any atom is -0.452 e. The molecule has 0 aliphatic carbocycles. The van der Waals surface area contributed by atoms with Crippen molar-refractivity contribution in [1.29, 1.82) is 0 Å². The first kappa shape index (κ1) is 23.8. The van der Waals surface area contributed by atoms with Crippen LogP contribution in [0, 0.1) is 10.1 Å². The van der Waals surface area contributed by atoms with Crippen molar-refractivity contribution in [3.8, 4) is 0 Å². The Balaban J connectivity index is 1.61. The zero-order valence-electron chi connectivity index (χ0n) is 17.3. The lowest BCUT2D eigenvalue weighted by atomic mass is 10.1. The second kappa shape index (κ2) is 10.2. The molecule has 33 heavy (non-hydrogen) atoms. The van der Waals surface area contributed by atoms with Gasteiger partial charge in [0.05, 0.1) is 32.3 Å². The Morgan fingerprint density at radius 1 is 1.12 bits per heavy atom. The van der Waals surface area contributed by atoms with Gasteiger partial charge in [-0.25, -0.2) is 4.79 Å². The van der Waals surface area contributed by atoms with Crippen LogP contribution in [-0.2, 0) is 14.3 Å². The van der Waals surface area contributed by atoms with Gasteiger partial charge in [0.25, 0.3) is 23.4 Å². The summed E-state index contributed by atoms with van der Waals surface area (Å²) in [6, 6.07) is 7.43. The van der Waals surface area contributed by atoms with Crippen LogP contribution in [0.1, 0.15) is 37.5 Å². The lowest BCUT2D eigenvalue weighted by molar-refractivity contribution is -0.384. The summed E-state index contributed by atoms with van der Waals surface area (Å²) in [6.45, 7) is -0.0945. The maximum absolute atomic E-state index is 12.5. The van der Waals surface area contributed by atoms with Crippen molar-refractivity contribution < 1.29 is 33.6 Å². The molecule has 0 aromatic heterocycles. The summed E-state index contributed by atoms with van der Waals surface area (Å²) in [5, 5.41) is 13.1. The van der Waals surface area contributed by atoms with E-state index < -0.39 is 35.2 Å². The number of nitrogens with zero attached hydrogens (tertiary/aromatic N) is 2. The number of non-ortho nitro benzene ring substituents is 1. The van der Waals surface area contributed by atoms with Crippen LogP contribution in [0.4, 0.5) is 11.4 Å². The molecular formula is C21H18ClN3O8. The minimum atomic E-state index is -0.874. The SMILES string of the molecule is COCCCN1C(=O)c2ccc(C(=O)OCC(=O)Nc3ccc([N+](=O)[O-])cc3Cl)cc2C1=O. The standard InChI is InChI=1S/C21H18ClN3O8/c1-32-8-2-7-24-19(27)14-5-3-12(9-15(14)20(24)28)21(29)33-11-18(26)23-17-6-4-13(25(30)31)10-16(17)22/h3-6,9-10H,2,7-8,11H2,1H3,(H,23,26).